The fourth-order valence-electron chi connectivity index (χ4n) is 3.11. The van der Waals surface area contributed by atoms with Crippen molar-refractivity contribution >= 4 is 18.3 Å². The Hall–Kier alpha value is -2.53. The molecule has 0 amide bonds. The van der Waals surface area contributed by atoms with Gasteiger partial charge >= 0.3 is 0 Å². The summed E-state index contributed by atoms with van der Waals surface area (Å²) in [7, 11) is 2.01. The second kappa shape index (κ2) is 6.41. The van der Waals surface area contributed by atoms with Crippen molar-refractivity contribution in [1.29, 1.82) is 0 Å². The molecule has 0 saturated heterocycles. The van der Waals surface area contributed by atoms with Crippen molar-refractivity contribution in [2.75, 3.05) is 0 Å². The van der Waals surface area contributed by atoms with Gasteiger partial charge in [-0.25, -0.2) is 9.97 Å². The van der Waals surface area contributed by atoms with Crippen LogP contribution < -0.4 is 0 Å². The van der Waals surface area contributed by atoms with Crippen molar-refractivity contribution in [2.45, 2.75) is 18.6 Å². The Balaban J connectivity index is 1.74. The standard InChI is InChI=1S/C20H20N4S/c1-3-14-10-7-11-24-13-17(22-19(14)24)18(25)20-21-16(12-23(20)2)15-8-5-4-6-9-15/h4-13,18,25H,3H2,1-2H3. The van der Waals surface area contributed by atoms with Gasteiger partial charge in [0.05, 0.1) is 11.4 Å². The van der Waals surface area contributed by atoms with Gasteiger partial charge in [0, 0.05) is 31.2 Å². The van der Waals surface area contributed by atoms with E-state index in [2.05, 4.69) is 35.6 Å². The molecule has 3 heterocycles. The lowest BCUT2D eigenvalue weighted by Gasteiger charge is -2.07. The van der Waals surface area contributed by atoms with Crippen molar-refractivity contribution in [1.82, 2.24) is 18.9 Å². The summed E-state index contributed by atoms with van der Waals surface area (Å²) in [6, 6.07) is 14.4. The summed E-state index contributed by atoms with van der Waals surface area (Å²) in [6.45, 7) is 2.15. The first-order valence-electron chi connectivity index (χ1n) is 8.40. The maximum absolute atomic E-state index is 4.82. The van der Waals surface area contributed by atoms with Crippen molar-refractivity contribution in [2.24, 2.45) is 7.05 Å². The van der Waals surface area contributed by atoms with E-state index in [1.807, 2.05) is 48.4 Å². The molecule has 4 aromatic rings. The van der Waals surface area contributed by atoms with Crippen LogP contribution in [0.2, 0.25) is 0 Å². The van der Waals surface area contributed by atoms with E-state index in [1.54, 1.807) is 0 Å². The first-order valence-corrected chi connectivity index (χ1v) is 8.92. The van der Waals surface area contributed by atoms with Crippen LogP contribution in [-0.2, 0) is 13.5 Å². The lowest BCUT2D eigenvalue weighted by molar-refractivity contribution is 0.807. The summed E-state index contributed by atoms with van der Waals surface area (Å²) >= 11 is 4.82. The summed E-state index contributed by atoms with van der Waals surface area (Å²) in [5.41, 5.74) is 5.21. The molecule has 0 radical (unpaired) electrons. The zero-order chi connectivity index (χ0) is 17.4. The third-order valence-electron chi connectivity index (χ3n) is 4.47. The summed E-state index contributed by atoms with van der Waals surface area (Å²) in [6.07, 6.45) is 7.07. The number of pyridine rings is 1. The Morgan fingerprint density at radius 3 is 2.60 bits per heavy atom. The van der Waals surface area contributed by atoms with Gasteiger partial charge < -0.3 is 8.97 Å². The normalized spacial score (nSPS) is 12.6. The predicted molar refractivity (Wildman–Crippen MR) is 104 cm³/mol. The Bertz CT molecular complexity index is 1020. The lowest BCUT2D eigenvalue weighted by Crippen LogP contribution is -2.02. The second-order valence-electron chi connectivity index (χ2n) is 6.15. The number of rotatable bonds is 4. The van der Waals surface area contributed by atoms with Gasteiger partial charge in [0.25, 0.3) is 0 Å². The monoisotopic (exact) mass is 348 g/mol. The smallest absolute Gasteiger partial charge is 0.140 e. The molecule has 4 rings (SSSR count). The van der Waals surface area contributed by atoms with Crippen molar-refractivity contribution in [3.05, 3.63) is 78.1 Å². The molecule has 1 aromatic carbocycles. The molecule has 0 aliphatic heterocycles. The molecule has 4 nitrogen and oxygen atoms in total. The van der Waals surface area contributed by atoms with Crippen LogP contribution in [0.1, 0.15) is 29.3 Å². The molecule has 5 heteroatoms. The molecular weight excluding hydrogens is 328 g/mol. The Morgan fingerprint density at radius 2 is 1.84 bits per heavy atom. The average molecular weight is 348 g/mol. The zero-order valence-corrected chi connectivity index (χ0v) is 15.2. The minimum Gasteiger partial charge on any atom is -0.336 e. The Kier molecular flexibility index (Phi) is 4.09. The molecule has 0 aliphatic rings. The van der Waals surface area contributed by atoms with E-state index in [0.717, 1.165) is 34.8 Å². The molecule has 126 valence electrons. The summed E-state index contributed by atoms with van der Waals surface area (Å²) in [5.74, 6) is 0.892. The van der Waals surface area contributed by atoms with Crippen LogP contribution >= 0.6 is 12.6 Å². The number of thiol groups is 1. The van der Waals surface area contributed by atoms with Crippen LogP contribution in [0, 0.1) is 0 Å². The number of hydrogen-bond donors (Lipinski definition) is 1. The van der Waals surface area contributed by atoms with Gasteiger partial charge in [-0.1, -0.05) is 43.3 Å². The van der Waals surface area contributed by atoms with Gasteiger partial charge in [-0.05, 0) is 18.1 Å². The maximum atomic E-state index is 4.82. The highest BCUT2D eigenvalue weighted by Crippen LogP contribution is 2.29. The number of nitrogens with zero attached hydrogens (tertiary/aromatic N) is 4. The average Bonchev–Trinajstić information content (AvgIpc) is 3.25. The van der Waals surface area contributed by atoms with E-state index in [-0.39, 0.29) is 5.25 Å². The quantitative estimate of drug-likeness (QED) is 0.558. The maximum Gasteiger partial charge on any atom is 0.140 e. The molecular formula is C20H20N4S. The number of aromatic nitrogens is 4. The highest BCUT2D eigenvalue weighted by molar-refractivity contribution is 7.80. The van der Waals surface area contributed by atoms with Gasteiger partial charge in [-0.15, -0.1) is 0 Å². The zero-order valence-electron chi connectivity index (χ0n) is 14.3. The highest BCUT2D eigenvalue weighted by Gasteiger charge is 2.20. The number of imidazole rings is 2. The van der Waals surface area contributed by atoms with Crippen LogP contribution in [0.5, 0.6) is 0 Å². The van der Waals surface area contributed by atoms with Crippen LogP contribution in [-0.4, -0.2) is 18.9 Å². The molecule has 25 heavy (non-hydrogen) atoms. The molecule has 0 aliphatic carbocycles. The van der Waals surface area contributed by atoms with Crippen LogP contribution in [0.3, 0.4) is 0 Å². The molecule has 0 bridgehead atoms. The van der Waals surface area contributed by atoms with Crippen LogP contribution in [0.15, 0.2) is 61.1 Å². The molecule has 0 N–H and O–H groups in total. The minimum absolute atomic E-state index is 0.174. The summed E-state index contributed by atoms with van der Waals surface area (Å²) < 4.78 is 4.10. The first-order chi connectivity index (χ1) is 12.2. The number of benzene rings is 1. The van der Waals surface area contributed by atoms with E-state index in [4.69, 9.17) is 22.6 Å². The van der Waals surface area contributed by atoms with Crippen molar-refractivity contribution in [3.63, 3.8) is 0 Å². The largest absolute Gasteiger partial charge is 0.336 e. The van der Waals surface area contributed by atoms with E-state index >= 15 is 0 Å². The van der Waals surface area contributed by atoms with Crippen molar-refractivity contribution < 1.29 is 0 Å². The van der Waals surface area contributed by atoms with E-state index in [1.165, 1.54) is 5.56 Å². The molecule has 0 fully saturated rings. The molecule has 0 spiro atoms. The third-order valence-corrected chi connectivity index (χ3v) is 4.97. The highest BCUT2D eigenvalue weighted by atomic mass is 32.1. The van der Waals surface area contributed by atoms with Gasteiger partial charge in [-0.2, -0.15) is 12.6 Å². The molecule has 1 unspecified atom stereocenters. The van der Waals surface area contributed by atoms with Crippen molar-refractivity contribution in [3.8, 4) is 11.3 Å². The third kappa shape index (κ3) is 2.85. The van der Waals surface area contributed by atoms with Crippen LogP contribution in [0.25, 0.3) is 16.9 Å². The fraction of sp³-hybridized carbons (Fsp3) is 0.200. The molecule has 1 atom stereocenters. The Morgan fingerprint density at radius 1 is 1.04 bits per heavy atom. The topological polar surface area (TPSA) is 35.1 Å². The van der Waals surface area contributed by atoms with E-state index in [0.29, 0.717) is 0 Å². The number of fused-ring (bicyclic) bond motifs is 1. The SMILES string of the molecule is CCc1cccn2cc(C(S)c3nc(-c4ccccc4)cn3C)nc12. The second-order valence-corrected chi connectivity index (χ2v) is 6.66. The van der Waals surface area contributed by atoms with Gasteiger partial charge in [0.2, 0.25) is 0 Å². The van der Waals surface area contributed by atoms with Gasteiger partial charge in [-0.3, -0.25) is 0 Å². The summed E-state index contributed by atoms with van der Waals surface area (Å²) in [4.78, 5) is 9.62. The van der Waals surface area contributed by atoms with Crippen LogP contribution in [0.4, 0.5) is 0 Å². The molecule has 3 aromatic heterocycles. The molecule has 0 saturated carbocycles. The predicted octanol–water partition coefficient (Wildman–Crippen LogP) is 4.32. The van der Waals surface area contributed by atoms with E-state index < -0.39 is 0 Å². The van der Waals surface area contributed by atoms with E-state index in [9.17, 15) is 0 Å². The fourth-order valence-corrected chi connectivity index (χ4v) is 3.48. The number of aryl methyl sites for hydroxylation is 2. The van der Waals surface area contributed by atoms with Gasteiger partial charge in [0.15, 0.2) is 0 Å². The van der Waals surface area contributed by atoms with Gasteiger partial charge in [0.1, 0.15) is 16.7 Å². The number of hydrogen-bond acceptors (Lipinski definition) is 3. The Labute approximate surface area is 152 Å². The lowest BCUT2D eigenvalue weighted by atomic mass is 10.2. The first kappa shape index (κ1) is 16.0. The summed E-state index contributed by atoms with van der Waals surface area (Å²) in [5, 5.41) is -0.174. The minimum atomic E-state index is -0.174.